The van der Waals surface area contributed by atoms with Crippen LogP contribution >= 0.6 is 61.8 Å². The van der Waals surface area contributed by atoms with E-state index in [4.69, 9.17) is 32.7 Å². The first-order valence-corrected chi connectivity index (χ1v) is 15.1. The van der Waals surface area contributed by atoms with Gasteiger partial charge in [-0.05, 0) is 82.7 Å². The Kier molecular flexibility index (Phi) is 8.44. The van der Waals surface area contributed by atoms with Gasteiger partial charge in [0.2, 0.25) is 0 Å². The van der Waals surface area contributed by atoms with E-state index in [0.717, 1.165) is 20.5 Å². The minimum absolute atomic E-state index is 0.220. The van der Waals surface area contributed by atoms with Crippen LogP contribution in [0.25, 0.3) is 6.08 Å². The predicted molar refractivity (Wildman–Crippen MR) is 160 cm³/mol. The lowest BCUT2D eigenvalue weighted by atomic mass is 10.0. The Morgan fingerprint density at radius 1 is 1.18 bits per heavy atom. The molecule has 0 saturated heterocycles. The van der Waals surface area contributed by atoms with E-state index in [1.54, 1.807) is 30.5 Å². The topological polar surface area (TPSA) is 69.9 Å². The number of halogens is 3. The van der Waals surface area contributed by atoms with Crippen molar-refractivity contribution in [3.63, 3.8) is 0 Å². The largest absolute Gasteiger partial charge is 0.488 e. The summed E-state index contributed by atoms with van der Waals surface area (Å²) in [7, 11) is 0. The zero-order valence-electron chi connectivity index (χ0n) is 20.7. The third kappa shape index (κ3) is 5.78. The average molecular weight is 664 g/mol. The predicted octanol–water partition coefficient (Wildman–Crippen LogP) is 6.51. The molecular weight excluding hydrogens is 643 g/mol. The molecule has 1 aliphatic heterocycles. The van der Waals surface area contributed by atoms with E-state index in [2.05, 4.69) is 20.9 Å². The molecule has 0 saturated carbocycles. The Hall–Kier alpha value is -2.69. The number of fused-ring (bicyclic) bond motifs is 1. The number of thiophene rings is 1. The van der Waals surface area contributed by atoms with E-state index >= 15 is 0 Å². The number of esters is 1. The summed E-state index contributed by atoms with van der Waals surface area (Å²) in [5.41, 5.74) is 2.40. The van der Waals surface area contributed by atoms with Gasteiger partial charge in [0.25, 0.3) is 5.56 Å². The molecule has 0 amide bonds. The molecule has 0 aliphatic carbocycles. The first-order valence-electron chi connectivity index (χ1n) is 11.9. The molecule has 0 fully saturated rings. The van der Waals surface area contributed by atoms with Crippen molar-refractivity contribution in [3.8, 4) is 5.75 Å². The molecular formula is C28H21BrCl2N2O4S2. The number of carbonyl (C=O) groups excluding carboxylic acids is 1. The monoisotopic (exact) mass is 662 g/mol. The van der Waals surface area contributed by atoms with Gasteiger partial charge < -0.3 is 9.47 Å². The molecule has 5 rings (SSSR count). The number of nitrogens with zero attached hydrogens (tertiary/aromatic N) is 2. The fourth-order valence-corrected chi connectivity index (χ4v) is 6.88. The zero-order valence-corrected chi connectivity index (χ0v) is 25.5. The van der Waals surface area contributed by atoms with Crippen LogP contribution in [-0.2, 0) is 16.1 Å². The number of allylic oxidation sites excluding steroid dienone is 1. The summed E-state index contributed by atoms with van der Waals surface area (Å²) in [6.07, 6.45) is 1.81. The fourth-order valence-electron chi connectivity index (χ4n) is 4.17. The summed E-state index contributed by atoms with van der Waals surface area (Å²) in [6.45, 7) is 4.08. The summed E-state index contributed by atoms with van der Waals surface area (Å²) in [6, 6.07) is 14.2. The van der Waals surface area contributed by atoms with Crippen LogP contribution in [0.5, 0.6) is 5.75 Å². The Bertz CT molecular complexity index is 1780. The van der Waals surface area contributed by atoms with Crippen molar-refractivity contribution >= 4 is 73.9 Å². The second-order valence-electron chi connectivity index (χ2n) is 8.54. The minimum Gasteiger partial charge on any atom is -0.488 e. The highest BCUT2D eigenvalue weighted by Gasteiger charge is 2.33. The number of ether oxygens (including phenoxy) is 2. The number of hydrogen-bond donors (Lipinski definition) is 0. The van der Waals surface area contributed by atoms with Gasteiger partial charge in [0.05, 0.1) is 36.9 Å². The lowest BCUT2D eigenvalue weighted by Gasteiger charge is -2.23. The number of hydrogen-bond acceptors (Lipinski definition) is 7. The van der Waals surface area contributed by atoms with Gasteiger partial charge in [0.1, 0.15) is 18.4 Å². The number of benzene rings is 2. The minimum atomic E-state index is -0.591. The summed E-state index contributed by atoms with van der Waals surface area (Å²) in [5.74, 6) is 0.180. The first kappa shape index (κ1) is 27.9. The fraction of sp³-hybridized carbons (Fsp3) is 0.179. The molecule has 2 aromatic heterocycles. The maximum Gasteiger partial charge on any atom is 0.338 e. The normalized spacial score (nSPS) is 15.2. The average Bonchev–Trinajstić information content (AvgIpc) is 3.53. The van der Waals surface area contributed by atoms with E-state index in [1.165, 1.54) is 22.7 Å². The van der Waals surface area contributed by atoms with Gasteiger partial charge in [-0.25, -0.2) is 9.79 Å². The van der Waals surface area contributed by atoms with Gasteiger partial charge in [-0.2, -0.15) is 0 Å². The van der Waals surface area contributed by atoms with Crippen LogP contribution in [0.4, 0.5) is 0 Å². The van der Waals surface area contributed by atoms with Crippen LogP contribution in [0.15, 0.2) is 79.4 Å². The first-order chi connectivity index (χ1) is 18.8. The van der Waals surface area contributed by atoms with Crippen molar-refractivity contribution in [2.75, 3.05) is 6.61 Å². The van der Waals surface area contributed by atoms with E-state index in [9.17, 15) is 9.59 Å². The summed E-state index contributed by atoms with van der Waals surface area (Å²) < 4.78 is 14.1. The van der Waals surface area contributed by atoms with Crippen LogP contribution in [0.1, 0.15) is 35.9 Å². The maximum absolute atomic E-state index is 13.7. The number of thiazole rings is 1. The van der Waals surface area contributed by atoms with Crippen LogP contribution in [0.2, 0.25) is 10.0 Å². The molecule has 1 atom stereocenters. The Balaban J connectivity index is 1.48. The molecule has 0 bridgehead atoms. The summed E-state index contributed by atoms with van der Waals surface area (Å²) in [4.78, 5) is 32.6. The highest BCUT2D eigenvalue weighted by Crippen LogP contribution is 2.33. The molecule has 2 aromatic carbocycles. The summed E-state index contributed by atoms with van der Waals surface area (Å²) >= 11 is 18.4. The number of carbonyl (C=O) groups is 1. The Morgan fingerprint density at radius 2 is 2.00 bits per heavy atom. The smallest absolute Gasteiger partial charge is 0.338 e. The van der Waals surface area contributed by atoms with Gasteiger partial charge in [-0.3, -0.25) is 9.36 Å². The molecule has 3 heterocycles. The van der Waals surface area contributed by atoms with Crippen molar-refractivity contribution in [2.24, 2.45) is 4.99 Å². The molecule has 1 aliphatic rings. The molecule has 0 spiro atoms. The SMILES string of the molecule is CCOC(=O)C1=C(C)N=c2s/c(=C\c3ccc(OCc4ccc(Cl)c(Cl)c4)c(Br)c3)c(=O)n2[C@@H]1c1cccs1. The van der Waals surface area contributed by atoms with Gasteiger partial charge in [0.15, 0.2) is 4.80 Å². The molecule has 6 nitrogen and oxygen atoms in total. The van der Waals surface area contributed by atoms with Crippen LogP contribution in [0.3, 0.4) is 0 Å². The third-order valence-electron chi connectivity index (χ3n) is 5.96. The van der Waals surface area contributed by atoms with Crippen LogP contribution in [-0.4, -0.2) is 17.1 Å². The molecule has 0 N–H and O–H groups in total. The van der Waals surface area contributed by atoms with Gasteiger partial charge in [-0.15, -0.1) is 11.3 Å². The van der Waals surface area contributed by atoms with Gasteiger partial charge in [-0.1, -0.05) is 52.7 Å². The Labute approximate surface area is 250 Å². The summed E-state index contributed by atoms with van der Waals surface area (Å²) in [5, 5.41) is 2.89. The zero-order chi connectivity index (χ0) is 27.7. The molecule has 200 valence electrons. The number of aromatic nitrogens is 1. The molecule has 39 heavy (non-hydrogen) atoms. The molecule has 4 aromatic rings. The van der Waals surface area contributed by atoms with Crippen molar-refractivity contribution in [1.29, 1.82) is 0 Å². The highest BCUT2D eigenvalue weighted by atomic mass is 79.9. The number of rotatable bonds is 7. The van der Waals surface area contributed by atoms with Gasteiger partial charge in [0, 0.05) is 4.88 Å². The molecule has 0 unspecified atom stereocenters. The molecule has 0 radical (unpaired) electrons. The van der Waals surface area contributed by atoms with Gasteiger partial charge >= 0.3 is 5.97 Å². The van der Waals surface area contributed by atoms with E-state index in [0.29, 0.717) is 43.0 Å². The second kappa shape index (κ2) is 11.8. The Morgan fingerprint density at radius 3 is 2.69 bits per heavy atom. The quantitative estimate of drug-likeness (QED) is 0.212. The van der Waals surface area contributed by atoms with Crippen molar-refractivity contribution in [2.45, 2.75) is 26.5 Å². The van der Waals surface area contributed by atoms with Crippen molar-refractivity contribution in [1.82, 2.24) is 4.57 Å². The highest BCUT2D eigenvalue weighted by molar-refractivity contribution is 9.10. The third-order valence-corrected chi connectivity index (χ3v) is 9.23. The van der Waals surface area contributed by atoms with Crippen LogP contribution in [0, 0.1) is 0 Å². The standard InChI is InChI=1S/C28H21BrCl2N2O4S2/c1-3-36-27(35)24-15(2)32-28-33(25(24)22-5-4-10-38-22)26(34)23(39-28)13-16-7-9-21(18(29)11-16)37-14-17-6-8-19(30)20(31)12-17/h4-13,25H,3,14H2,1-2H3/b23-13-/t25-/m1/s1. The van der Waals surface area contributed by atoms with Crippen molar-refractivity contribution < 1.29 is 14.3 Å². The second-order valence-corrected chi connectivity index (χ2v) is 12.2. The van der Waals surface area contributed by atoms with E-state index in [-0.39, 0.29) is 12.2 Å². The van der Waals surface area contributed by atoms with Crippen LogP contribution < -0.4 is 19.6 Å². The van der Waals surface area contributed by atoms with Crippen molar-refractivity contribution in [3.05, 3.63) is 115 Å². The molecule has 11 heteroatoms. The lowest BCUT2D eigenvalue weighted by Crippen LogP contribution is -2.39. The van der Waals surface area contributed by atoms with E-state index < -0.39 is 12.0 Å². The van der Waals surface area contributed by atoms with E-state index in [1.807, 2.05) is 47.9 Å². The lowest BCUT2D eigenvalue weighted by molar-refractivity contribution is -0.139. The maximum atomic E-state index is 13.7.